The van der Waals surface area contributed by atoms with E-state index in [1.54, 1.807) is 30.3 Å². The number of fused-ring (bicyclic) bond motifs is 1. The number of halogens is 1. The predicted octanol–water partition coefficient (Wildman–Crippen LogP) is 5.66. The zero-order chi connectivity index (χ0) is 22.0. The SMILES string of the molecule is CC(Nc1ccc(NC(=O)c2ccc3c(=O)[nH]c(=S)[nH]c3c2)cc1Cl)c1ccccc1. The summed E-state index contributed by atoms with van der Waals surface area (Å²) in [5.74, 6) is -0.323. The third-order valence-corrected chi connectivity index (χ3v) is 5.42. The molecule has 0 fully saturated rings. The topological polar surface area (TPSA) is 89.8 Å². The zero-order valence-corrected chi connectivity index (χ0v) is 18.1. The fourth-order valence-corrected chi connectivity index (χ4v) is 3.72. The van der Waals surface area contributed by atoms with E-state index in [0.717, 1.165) is 11.3 Å². The fraction of sp³-hybridized carbons (Fsp3) is 0.0870. The molecule has 3 aromatic carbocycles. The van der Waals surface area contributed by atoms with Gasteiger partial charge in [0.15, 0.2) is 4.77 Å². The number of carbonyl (C=O) groups excluding carboxylic acids is 1. The van der Waals surface area contributed by atoms with E-state index in [4.69, 9.17) is 23.8 Å². The molecule has 4 N–H and O–H groups in total. The van der Waals surface area contributed by atoms with Crippen LogP contribution in [-0.4, -0.2) is 15.9 Å². The molecule has 0 aliphatic heterocycles. The number of carbonyl (C=O) groups is 1. The molecule has 0 aliphatic carbocycles. The van der Waals surface area contributed by atoms with Gasteiger partial charge in [0.2, 0.25) is 0 Å². The average molecular weight is 451 g/mol. The van der Waals surface area contributed by atoms with Gasteiger partial charge in [-0.1, -0.05) is 41.9 Å². The van der Waals surface area contributed by atoms with Crippen molar-refractivity contribution in [1.82, 2.24) is 9.97 Å². The Balaban J connectivity index is 1.51. The van der Waals surface area contributed by atoms with Gasteiger partial charge in [0.05, 0.1) is 21.6 Å². The van der Waals surface area contributed by atoms with E-state index in [1.165, 1.54) is 0 Å². The quantitative estimate of drug-likeness (QED) is 0.295. The minimum Gasteiger partial charge on any atom is -0.377 e. The van der Waals surface area contributed by atoms with Gasteiger partial charge in [0.25, 0.3) is 11.5 Å². The second-order valence-corrected chi connectivity index (χ2v) is 7.91. The summed E-state index contributed by atoms with van der Waals surface area (Å²) in [4.78, 5) is 30.0. The monoisotopic (exact) mass is 450 g/mol. The molecule has 8 heteroatoms. The summed E-state index contributed by atoms with van der Waals surface area (Å²) < 4.78 is 0.203. The third kappa shape index (κ3) is 4.68. The molecule has 4 rings (SSSR count). The highest BCUT2D eigenvalue weighted by Gasteiger charge is 2.11. The maximum Gasteiger partial charge on any atom is 0.259 e. The van der Waals surface area contributed by atoms with E-state index in [0.29, 0.717) is 27.2 Å². The molecule has 6 nitrogen and oxygen atoms in total. The van der Waals surface area contributed by atoms with Crippen LogP contribution in [-0.2, 0) is 0 Å². The van der Waals surface area contributed by atoms with Crippen LogP contribution >= 0.6 is 23.8 Å². The van der Waals surface area contributed by atoms with E-state index in [-0.39, 0.29) is 22.3 Å². The number of nitrogens with one attached hydrogen (secondary N) is 4. The summed E-state index contributed by atoms with van der Waals surface area (Å²) in [5, 5.41) is 7.13. The lowest BCUT2D eigenvalue weighted by Crippen LogP contribution is -2.14. The Kier molecular flexibility index (Phi) is 5.88. The standard InChI is InChI=1S/C23H19ClN4O2S/c1-13(14-5-3-2-4-6-14)25-19-10-8-16(12-18(19)24)26-21(29)15-7-9-17-20(11-15)27-23(31)28-22(17)30/h2-13,25H,1H3,(H,26,29)(H2,27,28,30,31). The summed E-state index contributed by atoms with van der Waals surface area (Å²) in [6, 6.07) is 20.2. The molecule has 31 heavy (non-hydrogen) atoms. The lowest BCUT2D eigenvalue weighted by molar-refractivity contribution is 0.102. The van der Waals surface area contributed by atoms with Crippen molar-refractivity contribution in [3.05, 3.63) is 98.0 Å². The number of H-pyrrole nitrogens is 2. The smallest absolute Gasteiger partial charge is 0.259 e. The van der Waals surface area contributed by atoms with Crippen LogP contribution in [0.15, 0.2) is 71.5 Å². The minimum absolute atomic E-state index is 0.0745. The Morgan fingerprint density at radius 1 is 1.03 bits per heavy atom. The molecule has 4 aromatic rings. The summed E-state index contributed by atoms with van der Waals surface area (Å²) in [5.41, 5.74) is 3.06. The number of anilines is 2. The van der Waals surface area contributed by atoms with E-state index >= 15 is 0 Å². The Morgan fingerprint density at radius 2 is 1.81 bits per heavy atom. The van der Waals surface area contributed by atoms with Crippen molar-refractivity contribution in [3.63, 3.8) is 0 Å². The molecule has 0 aliphatic rings. The molecule has 0 saturated carbocycles. The Hall–Kier alpha value is -3.42. The number of hydrogen-bond acceptors (Lipinski definition) is 4. The molecule has 0 spiro atoms. The molecule has 0 radical (unpaired) electrons. The first-order valence-electron chi connectivity index (χ1n) is 9.59. The Morgan fingerprint density at radius 3 is 2.55 bits per heavy atom. The van der Waals surface area contributed by atoms with Crippen molar-refractivity contribution in [3.8, 4) is 0 Å². The van der Waals surface area contributed by atoms with Crippen LogP contribution in [0, 0.1) is 4.77 Å². The molecule has 156 valence electrons. The molecule has 1 unspecified atom stereocenters. The highest BCUT2D eigenvalue weighted by Crippen LogP contribution is 2.29. The minimum atomic E-state index is -0.323. The molecule has 0 bridgehead atoms. The van der Waals surface area contributed by atoms with Gasteiger partial charge in [0, 0.05) is 17.3 Å². The van der Waals surface area contributed by atoms with Crippen LogP contribution in [0.2, 0.25) is 5.02 Å². The van der Waals surface area contributed by atoms with Gasteiger partial charge in [-0.05, 0) is 61.1 Å². The lowest BCUT2D eigenvalue weighted by atomic mass is 10.1. The number of hydrogen-bond donors (Lipinski definition) is 4. The normalized spacial score (nSPS) is 11.8. The Labute approximate surface area is 188 Å². The Bertz CT molecular complexity index is 1380. The van der Waals surface area contributed by atoms with E-state index in [1.807, 2.05) is 36.4 Å². The molecule has 1 amide bonds. The highest BCUT2D eigenvalue weighted by atomic mass is 35.5. The van der Waals surface area contributed by atoms with Gasteiger partial charge in [-0.25, -0.2) is 0 Å². The average Bonchev–Trinajstić information content (AvgIpc) is 2.75. The fourth-order valence-electron chi connectivity index (χ4n) is 3.28. The molecular weight excluding hydrogens is 432 g/mol. The first kappa shape index (κ1) is 20.8. The van der Waals surface area contributed by atoms with Crippen LogP contribution in [0.3, 0.4) is 0 Å². The number of benzene rings is 3. The largest absolute Gasteiger partial charge is 0.377 e. The number of aromatic amines is 2. The van der Waals surface area contributed by atoms with Gasteiger partial charge in [-0.15, -0.1) is 0 Å². The first-order valence-corrected chi connectivity index (χ1v) is 10.4. The second-order valence-electron chi connectivity index (χ2n) is 7.09. The maximum atomic E-state index is 12.7. The van der Waals surface area contributed by atoms with Crippen molar-refractivity contribution in [2.24, 2.45) is 0 Å². The van der Waals surface area contributed by atoms with Gasteiger partial charge >= 0.3 is 0 Å². The van der Waals surface area contributed by atoms with Crippen LogP contribution in [0.25, 0.3) is 10.9 Å². The second kappa shape index (κ2) is 8.75. The molecular formula is C23H19ClN4O2S. The maximum absolute atomic E-state index is 12.7. The highest BCUT2D eigenvalue weighted by molar-refractivity contribution is 7.71. The number of rotatable bonds is 5. The van der Waals surface area contributed by atoms with E-state index in [2.05, 4.69) is 27.5 Å². The summed E-state index contributed by atoms with van der Waals surface area (Å²) >= 11 is 11.4. The number of aromatic nitrogens is 2. The molecule has 0 saturated heterocycles. The predicted molar refractivity (Wildman–Crippen MR) is 128 cm³/mol. The van der Waals surface area contributed by atoms with Crippen LogP contribution < -0.4 is 16.2 Å². The van der Waals surface area contributed by atoms with Gasteiger partial charge < -0.3 is 15.6 Å². The van der Waals surface area contributed by atoms with Crippen LogP contribution in [0.1, 0.15) is 28.9 Å². The van der Waals surface area contributed by atoms with Crippen LogP contribution in [0.5, 0.6) is 0 Å². The van der Waals surface area contributed by atoms with Crippen molar-refractivity contribution >= 4 is 52.0 Å². The van der Waals surface area contributed by atoms with Crippen molar-refractivity contribution in [2.45, 2.75) is 13.0 Å². The van der Waals surface area contributed by atoms with E-state index < -0.39 is 0 Å². The number of amides is 1. The lowest BCUT2D eigenvalue weighted by Gasteiger charge is -2.17. The zero-order valence-electron chi connectivity index (χ0n) is 16.5. The van der Waals surface area contributed by atoms with Gasteiger partial charge in [-0.3, -0.25) is 14.6 Å². The van der Waals surface area contributed by atoms with Gasteiger partial charge in [0.1, 0.15) is 0 Å². The summed E-state index contributed by atoms with van der Waals surface area (Å²) in [6.07, 6.45) is 0. The first-order chi connectivity index (χ1) is 14.9. The molecule has 1 heterocycles. The molecule has 1 aromatic heterocycles. The van der Waals surface area contributed by atoms with E-state index in [9.17, 15) is 9.59 Å². The van der Waals surface area contributed by atoms with Crippen molar-refractivity contribution < 1.29 is 4.79 Å². The van der Waals surface area contributed by atoms with Crippen LogP contribution in [0.4, 0.5) is 11.4 Å². The van der Waals surface area contributed by atoms with Gasteiger partial charge in [-0.2, -0.15) is 0 Å². The third-order valence-electron chi connectivity index (χ3n) is 4.90. The summed E-state index contributed by atoms with van der Waals surface area (Å²) in [6.45, 7) is 2.05. The molecule has 1 atom stereocenters. The summed E-state index contributed by atoms with van der Waals surface area (Å²) in [7, 11) is 0. The van der Waals surface area contributed by atoms with Crippen molar-refractivity contribution in [1.29, 1.82) is 0 Å². The van der Waals surface area contributed by atoms with Crippen molar-refractivity contribution in [2.75, 3.05) is 10.6 Å².